The molecule has 20 heavy (non-hydrogen) atoms. The van der Waals surface area contributed by atoms with Crippen molar-refractivity contribution in [3.63, 3.8) is 0 Å². The average Bonchev–Trinajstić information content (AvgIpc) is 3.29. The van der Waals surface area contributed by atoms with Crippen LogP contribution in [0.25, 0.3) is 0 Å². The fourth-order valence-corrected chi connectivity index (χ4v) is 2.48. The number of rotatable bonds is 8. The van der Waals surface area contributed by atoms with Gasteiger partial charge < -0.3 is 10.1 Å². The Morgan fingerprint density at radius 3 is 2.55 bits per heavy atom. The molecule has 3 heteroatoms. The molecule has 0 bridgehead atoms. The monoisotopic (exact) mass is 275 g/mol. The molecule has 1 N–H and O–H groups in total. The maximum atomic E-state index is 12.4. The lowest BCUT2D eigenvalue weighted by atomic mass is 9.87. The zero-order valence-corrected chi connectivity index (χ0v) is 12.5. The molecule has 110 valence electrons. The zero-order chi connectivity index (χ0) is 14.4. The third kappa shape index (κ3) is 3.83. The number of hydrogen-bond donors (Lipinski definition) is 1. The second-order valence-corrected chi connectivity index (χ2v) is 5.64. The van der Waals surface area contributed by atoms with Gasteiger partial charge in [0.25, 0.3) is 0 Å². The minimum Gasteiger partial charge on any atom is -0.465 e. The molecule has 3 nitrogen and oxygen atoms in total. The molecule has 1 aliphatic carbocycles. The van der Waals surface area contributed by atoms with Crippen LogP contribution in [-0.2, 0) is 16.0 Å². The first-order chi connectivity index (χ1) is 9.70. The molecule has 1 aliphatic rings. The number of nitrogens with one attached hydrogen (secondary N) is 1. The molecular weight excluding hydrogens is 250 g/mol. The minimum atomic E-state index is -0.583. The van der Waals surface area contributed by atoms with Gasteiger partial charge in [0.15, 0.2) is 0 Å². The predicted octanol–water partition coefficient (Wildman–Crippen LogP) is 2.94. The van der Waals surface area contributed by atoms with Crippen LogP contribution in [0.2, 0.25) is 0 Å². The van der Waals surface area contributed by atoms with E-state index in [1.807, 2.05) is 25.1 Å². The summed E-state index contributed by atoms with van der Waals surface area (Å²) < 4.78 is 5.32. The highest BCUT2D eigenvalue weighted by atomic mass is 16.5. The van der Waals surface area contributed by atoms with Gasteiger partial charge in [0, 0.05) is 6.42 Å². The summed E-state index contributed by atoms with van der Waals surface area (Å²) >= 11 is 0. The second kappa shape index (κ2) is 6.89. The molecule has 0 heterocycles. The van der Waals surface area contributed by atoms with E-state index in [1.54, 1.807) is 0 Å². The summed E-state index contributed by atoms with van der Waals surface area (Å²) in [4.78, 5) is 12.4. The van der Waals surface area contributed by atoms with E-state index in [9.17, 15) is 4.79 Å². The van der Waals surface area contributed by atoms with Crippen LogP contribution in [0.1, 0.15) is 38.7 Å². The first-order valence-electron chi connectivity index (χ1n) is 7.66. The smallest absolute Gasteiger partial charge is 0.326 e. The van der Waals surface area contributed by atoms with E-state index >= 15 is 0 Å². The molecular formula is C17H25NO2. The van der Waals surface area contributed by atoms with Gasteiger partial charge in [0.05, 0.1) is 6.61 Å². The Morgan fingerprint density at radius 2 is 2.00 bits per heavy atom. The Labute approximate surface area is 121 Å². The Kier molecular flexibility index (Phi) is 5.18. The lowest BCUT2D eigenvalue weighted by Gasteiger charge is -2.32. The van der Waals surface area contributed by atoms with E-state index in [2.05, 4.69) is 24.4 Å². The van der Waals surface area contributed by atoms with E-state index < -0.39 is 5.54 Å². The van der Waals surface area contributed by atoms with E-state index in [4.69, 9.17) is 4.74 Å². The highest BCUT2D eigenvalue weighted by Gasteiger charge is 2.39. The summed E-state index contributed by atoms with van der Waals surface area (Å²) in [7, 11) is 0. The van der Waals surface area contributed by atoms with Crippen molar-refractivity contribution < 1.29 is 9.53 Å². The van der Waals surface area contributed by atoms with Crippen LogP contribution in [0.3, 0.4) is 0 Å². The van der Waals surface area contributed by atoms with E-state index in [0.29, 0.717) is 13.0 Å². The number of carbonyl (C=O) groups excluding carboxylic acids is 1. The van der Waals surface area contributed by atoms with Crippen molar-refractivity contribution in [2.45, 2.75) is 45.1 Å². The minimum absolute atomic E-state index is 0.119. The van der Waals surface area contributed by atoms with Gasteiger partial charge in [0.2, 0.25) is 0 Å². The standard InChI is InChI=1S/C17H25NO2/c1-3-17(16(19)20-4-2,18-13-15-10-11-15)12-14-8-6-5-7-9-14/h5-9,15,18H,3-4,10-13H2,1-2H3. The molecule has 1 unspecified atom stereocenters. The van der Waals surface area contributed by atoms with Crippen LogP contribution in [-0.4, -0.2) is 24.7 Å². The summed E-state index contributed by atoms with van der Waals surface area (Å²) in [6.45, 7) is 5.27. The summed E-state index contributed by atoms with van der Waals surface area (Å²) in [6.07, 6.45) is 3.99. The highest BCUT2D eigenvalue weighted by molar-refractivity contribution is 5.81. The summed E-state index contributed by atoms with van der Waals surface area (Å²) in [5.41, 5.74) is 0.589. The molecule has 0 amide bonds. The van der Waals surface area contributed by atoms with Crippen molar-refractivity contribution in [2.24, 2.45) is 5.92 Å². The van der Waals surface area contributed by atoms with E-state index in [-0.39, 0.29) is 5.97 Å². The van der Waals surface area contributed by atoms with E-state index in [1.165, 1.54) is 18.4 Å². The van der Waals surface area contributed by atoms with Crippen LogP contribution in [0.5, 0.6) is 0 Å². The lowest BCUT2D eigenvalue weighted by Crippen LogP contribution is -2.55. The van der Waals surface area contributed by atoms with Gasteiger partial charge in [-0.1, -0.05) is 37.3 Å². The number of esters is 1. The van der Waals surface area contributed by atoms with Crippen molar-refractivity contribution in [1.82, 2.24) is 5.32 Å². The third-order valence-corrected chi connectivity index (χ3v) is 4.04. The van der Waals surface area contributed by atoms with Gasteiger partial charge in [-0.3, -0.25) is 4.79 Å². The Morgan fingerprint density at radius 1 is 1.30 bits per heavy atom. The van der Waals surface area contributed by atoms with Crippen molar-refractivity contribution in [3.8, 4) is 0 Å². The number of benzene rings is 1. The zero-order valence-electron chi connectivity index (χ0n) is 12.5. The molecule has 2 rings (SSSR count). The normalized spacial score (nSPS) is 17.5. The third-order valence-electron chi connectivity index (χ3n) is 4.04. The van der Waals surface area contributed by atoms with Gasteiger partial charge >= 0.3 is 5.97 Å². The van der Waals surface area contributed by atoms with E-state index in [0.717, 1.165) is 18.9 Å². The number of carbonyl (C=O) groups is 1. The van der Waals surface area contributed by atoms with Crippen molar-refractivity contribution in [1.29, 1.82) is 0 Å². The Hall–Kier alpha value is -1.35. The fraction of sp³-hybridized carbons (Fsp3) is 0.588. The van der Waals surface area contributed by atoms with Gasteiger partial charge in [-0.05, 0) is 44.2 Å². The first-order valence-corrected chi connectivity index (χ1v) is 7.66. The molecule has 1 aromatic carbocycles. The molecule has 0 aliphatic heterocycles. The molecule has 1 atom stereocenters. The van der Waals surface area contributed by atoms with Crippen LogP contribution >= 0.6 is 0 Å². The van der Waals surface area contributed by atoms with Crippen LogP contribution in [0.4, 0.5) is 0 Å². The van der Waals surface area contributed by atoms with Crippen molar-refractivity contribution in [2.75, 3.05) is 13.2 Å². The van der Waals surface area contributed by atoms with Crippen LogP contribution in [0, 0.1) is 5.92 Å². The largest absolute Gasteiger partial charge is 0.465 e. The molecule has 0 radical (unpaired) electrons. The quantitative estimate of drug-likeness (QED) is 0.741. The maximum Gasteiger partial charge on any atom is 0.326 e. The first kappa shape index (κ1) is 15.0. The SMILES string of the molecule is CCOC(=O)C(CC)(Cc1ccccc1)NCC1CC1. The molecule has 1 aromatic rings. The van der Waals surface area contributed by atoms with Crippen molar-refractivity contribution in [3.05, 3.63) is 35.9 Å². The van der Waals surface area contributed by atoms with Gasteiger partial charge in [-0.2, -0.15) is 0 Å². The number of ether oxygens (including phenoxy) is 1. The summed E-state index contributed by atoms with van der Waals surface area (Å²) in [5, 5.41) is 3.50. The van der Waals surface area contributed by atoms with Crippen LogP contribution < -0.4 is 5.32 Å². The van der Waals surface area contributed by atoms with Gasteiger partial charge in [-0.15, -0.1) is 0 Å². The highest BCUT2D eigenvalue weighted by Crippen LogP contribution is 2.29. The van der Waals surface area contributed by atoms with Gasteiger partial charge in [-0.25, -0.2) is 0 Å². The molecule has 0 aromatic heterocycles. The summed E-state index contributed by atoms with van der Waals surface area (Å²) in [5.74, 6) is 0.623. The fourth-order valence-electron chi connectivity index (χ4n) is 2.48. The number of hydrogen-bond acceptors (Lipinski definition) is 3. The van der Waals surface area contributed by atoms with Crippen molar-refractivity contribution >= 4 is 5.97 Å². The topological polar surface area (TPSA) is 38.3 Å². The lowest BCUT2D eigenvalue weighted by molar-refractivity contribution is -0.151. The molecule has 0 saturated heterocycles. The van der Waals surface area contributed by atoms with Crippen LogP contribution in [0.15, 0.2) is 30.3 Å². The predicted molar refractivity (Wildman–Crippen MR) is 80.5 cm³/mol. The molecule has 1 fully saturated rings. The Balaban J connectivity index is 2.13. The maximum absolute atomic E-state index is 12.4. The average molecular weight is 275 g/mol. The second-order valence-electron chi connectivity index (χ2n) is 5.64. The molecule has 0 spiro atoms. The van der Waals surface area contributed by atoms with Gasteiger partial charge in [0.1, 0.15) is 5.54 Å². The summed E-state index contributed by atoms with van der Waals surface area (Å²) in [6, 6.07) is 10.2. The molecule has 1 saturated carbocycles. The Bertz CT molecular complexity index is 428.